The first-order valence-corrected chi connectivity index (χ1v) is 7.75. The molecule has 8 heteroatoms. The number of nitrogens with zero attached hydrogens (tertiary/aromatic N) is 1. The summed E-state index contributed by atoms with van der Waals surface area (Å²) < 4.78 is 50.2. The van der Waals surface area contributed by atoms with E-state index in [0.29, 0.717) is 8.78 Å². The summed E-state index contributed by atoms with van der Waals surface area (Å²) in [6, 6.07) is 6.06. The first-order chi connectivity index (χ1) is 8.39. The number of hydrogen-bond donors (Lipinski definition) is 0. The van der Waals surface area contributed by atoms with Crippen LogP contribution in [0.5, 0.6) is 0 Å². The van der Waals surface area contributed by atoms with Crippen LogP contribution in [-0.4, -0.2) is 38.1 Å². The van der Waals surface area contributed by atoms with Gasteiger partial charge in [-0.05, 0) is 28.1 Å². The van der Waals surface area contributed by atoms with Crippen LogP contribution < -0.4 is 0 Å². The molecule has 0 amide bonds. The van der Waals surface area contributed by atoms with Crippen LogP contribution >= 0.6 is 27.5 Å². The van der Waals surface area contributed by atoms with E-state index in [9.17, 15) is 17.2 Å². The van der Waals surface area contributed by atoms with Gasteiger partial charge in [0.25, 0.3) is 6.43 Å². The van der Waals surface area contributed by atoms with Crippen LogP contribution in [0.4, 0.5) is 8.78 Å². The van der Waals surface area contributed by atoms with E-state index in [4.69, 9.17) is 11.6 Å². The van der Waals surface area contributed by atoms with E-state index in [1.807, 2.05) is 0 Å². The van der Waals surface area contributed by atoms with E-state index in [2.05, 4.69) is 15.9 Å². The molecule has 0 fully saturated rings. The number of rotatable bonds is 6. The van der Waals surface area contributed by atoms with Crippen molar-refractivity contribution in [3.8, 4) is 0 Å². The minimum Gasteiger partial charge on any atom is -0.209 e. The summed E-state index contributed by atoms with van der Waals surface area (Å²) in [5.41, 5.74) is 0. The highest BCUT2D eigenvalue weighted by atomic mass is 79.9. The van der Waals surface area contributed by atoms with Crippen LogP contribution in [0.3, 0.4) is 0 Å². The molecule has 0 aromatic heterocycles. The molecule has 0 bridgehead atoms. The Morgan fingerprint density at radius 1 is 1.33 bits per heavy atom. The number of sulfonamides is 1. The summed E-state index contributed by atoms with van der Waals surface area (Å²) >= 11 is 8.54. The van der Waals surface area contributed by atoms with Gasteiger partial charge in [0.05, 0.1) is 11.4 Å². The number of benzene rings is 1. The summed E-state index contributed by atoms with van der Waals surface area (Å²) in [6.07, 6.45) is -2.74. The molecule has 1 rings (SSSR count). The lowest BCUT2D eigenvalue weighted by Gasteiger charge is -2.21. The zero-order chi connectivity index (χ0) is 13.8. The fourth-order valence-corrected chi connectivity index (χ4v) is 4.04. The van der Waals surface area contributed by atoms with Gasteiger partial charge in [-0.15, -0.1) is 11.6 Å². The van der Waals surface area contributed by atoms with Crippen molar-refractivity contribution in [1.29, 1.82) is 0 Å². The van der Waals surface area contributed by atoms with Crippen LogP contribution in [-0.2, 0) is 10.0 Å². The van der Waals surface area contributed by atoms with Crippen molar-refractivity contribution < 1.29 is 17.2 Å². The summed E-state index contributed by atoms with van der Waals surface area (Å²) in [4.78, 5) is -0.0456. The van der Waals surface area contributed by atoms with Crippen LogP contribution in [0.2, 0.25) is 0 Å². The van der Waals surface area contributed by atoms with Crippen LogP contribution in [0, 0.1) is 0 Å². The van der Waals surface area contributed by atoms with Crippen molar-refractivity contribution in [3.63, 3.8) is 0 Å². The fourth-order valence-electron chi connectivity index (χ4n) is 1.35. The van der Waals surface area contributed by atoms with Crippen molar-refractivity contribution >= 4 is 37.6 Å². The van der Waals surface area contributed by atoms with Crippen LogP contribution in [0.1, 0.15) is 0 Å². The predicted molar refractivity (Wildman–Crippen MR) is 69.6 cm³/mol. The second-order valence-electron chi connectivity index (χ2n) is 3.37. The van der Waals surface area contributed by atoms with Crippen LogP contribution in [0.25, 0.3) is 0 Å². The van der Waals surface area contributed by atoms with Gasteiger partial charge in [-0.3, -0.25) is 0 Å². The van der Waals surface area contributed by atoms with Gasteiger partial charge in [-0.25, -0.2) is 17.2 Å². The second-order valence-corrected chi connectivity index (χ2v) is 6.51. The number of halogens is 4. The van der Waals surface area contributed by atoms with Gasteiger partial charge in [0.2, 0.25) is 10.0 Å². The maximum Gasteiger partial charge on any atom is 0.252 e. The summed E-state index contributed by atoms with van der Waals surface area (Å²) in [5.74, 6) is -0.0452. The maximum absolute atomic E-state index is 12.4. The lowest BCUT2D eigenvalue weighted by atomic mass is 10.4. The Balaban J connectivity index is 3.13. The molecule has 0 radical (unpaired) electrons. The molecule has 0 heterocycles. The quantitative estimate of drug-likeness (QED) is 0.730. The van der Waals surface area contributed by atoms with Crippen molar-refractivity contribution in [2.24, 2.45) is 0 Å². The molecule has 102 valence electrons. The second kappa shape index (κ2) is 6.79. The molecule has 0 N–H and O–H groups in total. The number of hydrogen-bond acceptors (Lipinski definition) is 2. The molecule has 0 unspecified atom stereocenters. The summed E-state index contributed by atoms with van der Waals surface area (Å²) in [7, 11) is -3.97. The Morgan fingerprint density at radius 3 is 2.44 bits per heavy atom. The molecule has 0 saturated heterocycles. The highest BCUT2D eigenvalue weighted by molar-refractivity contribution is 9.10. The molecule has 1 aromatic rings. The van der Waals surface area contributed by atoms with Crippen molar-refractivity contribution in [2.75, 3.05) is 19.0 Å². The van der Waals surface area contributed by atoms with E-state index >= 15 is 0 Å². The van der Waals surface area contributed by atoms with E-state index in [1.54, 1.807) is 6.07 Å². The van der Waals surface area contributed by atoms with Crippen molar-refractivity contribution in [2.45, 2.75) is 11.3 Å². The zero-order valence-corrected chi connectivity index (χ0v) is 12.4. The van der Waals surface area contributed by atoms with Gasteiger partial charge in [-0.2, -0.15) is 4.31 Å². The molecule has 0 spiro atoms. The highest BCUT2D eigenvalue weighted by Crippen LogP contribution is 2.25. The van der Waals surface area contributed by atoms with Gasteiger partial charge in [0.15, 0.2) is 0 Å². The Labute approximate surface area is 118 Å². The molecule has 0 aliphatic rings. The third-order valence-corrected chi connectivity index (χ3v) is 5.18. The minimum atomic E-state index is -3.97. The third kappa shape index (κ3) is 3.88. The molecule has 0 aliphatic heterocycles. The predicted octanol–water partition coefficient (Wildman–Crippen LogP) is 2.94. The van der Waals surface area contributed by atoms with E-state index in [-0.39, 0.29) is 17.3 Å². The van der Waals surface area contributed by atoms with Gasteiger partial charge in [0, 0.05) is 16.9 Å². The Kier molecular flexibility index (Phi) is 5.97. The summed E-state index contributed by atoms with van der Waals surface area (Å²) in [6.45, 7) is -1.02. The van der Waals surface area contributed by atoms with Gasteiger partial charge >= 0.3 is 0 Å². The van der Waals surface area contributed by atoms with Crippen molar-refractivity contribution in [1.82, 2.24) is 4.31 Å². The Morgan fingerprint density at radius 2 is 1.94 bits per heavy atom. The van der Waals surface area contributed by atoms with Gasteiger partial charge in [0.1, 0.15) is 0 Å². The lowest BCUT2D eigenvalue weighted by Crippen LogP contribution is -2.36. The van der Waals surface area contributed by atoms with Crippen LogP contribution in [0.15, 0.2) is 33.6 Å². The monoisotopic (exact) mass is 361 g/mol. The highest BCUT2D eigenvalue weighted by Gasteiger charge is 2.28. The molecule has 18 heavy (non-hydrogen) atoms. The standard InChI is InChI=1S/C10H11BrClF2NO2S/c11-8-3-1-2-4-9(8)18(16,17)15(6-5-12)7-10(13)14/h1-4,10H,5-7H2. The average molecular weight is 363 g/mol. The molecular weight excluding hydrogens is 352 g/mol. The topological polar surface area (TPSA) is 37.4 Å². The Hall–Kier alpha value is -0.240. The minimum absolute atomic E-state index is 0.0452. The molecule has 0 aliphatic carbocycles. The lowest BCUT2D eigenvalue weighted by molar-refractivity contribution is 0.121. The largest absolute Gasteiger partial charge is 0.252 e. The van der Waals surface area contributed by atoms with Crippen molar-refractivity contribution in [3.05, 3.63) is 28.7 Å². The summed E-state index contributed by atoms with van der Waals surface area (Å²) in [5, 5.41) is 0. The molecule has 0 atom stereocenters. The van der Waals surface area contributed by atoms with Gasteiger partial charge < -0.3 is 0 Å². The molecule has 1 aromatic carbocycles. The van der Waals surface area contributed by atoms with E-state index in [0.717, 1.165) is 0 Å². The zero-order valence-electron chi connectivity index (χ0n) is 9.19. The van der Waals surface area contributed by atoms with E-state index < -0.39 is 23.0 Å². The average Bonchev–Trinajstić information content (AvgIpc) is 2.28. The van der Waals surface area contributed by atoms with E-state index in [1.165, 1.54) is 18.2 Å². The first kappa shape index (κ1) is 15.8. The third-order valence-electron chi connectivity index (χ3n) is 2.13. The normalized spacial score (nSPS) is 12.3. The first-order valence-electron chi connectivity index (χ1n) is 4.98. The SMILES string of the molecule is O=S(=O)(c1ccccc1Br)N(CCCl)CC(F)F. The van der Waals surface area contributed by atoms with Gasteiger partial charge in [-0.1, -0.05) is 12.1 Å². The maximum atomic E-state index is 12.4. The smallest absolute Gasteiger partial charge is 0.209 e. The Bertz CT molecular complexity index is 498. The molecule has 0 saturated carbocycles. The molecule has 3 nitrogen and oxygen atoms in total. The number of alkyl halides is 3. The molecular formula is C10H11BrClF2NO2S. The fraction of sp³-hybridized carbons (Fsp3) is 0.400.